The molecule has 0 bridgehead atoms. The Labute approximate surface area is 119 Å². The summed E-state index contributed by atoms with van der Waals surface area (Å²) in [6, 6.07) is 4.86. The number of aromatic nitrogens is 3. The Morgan fingerprint density at radius 1 is 1.38 bits per heavy atom. The molecule has 4 nitrogen and oxygen atoms in total. The molecule has 21 heavy (non-hydrogen) atoms. The van der Waals surface area contributed by atoms with Crippen molar-refractivity contribution in [3.63, 3.8) is 0 Å². The molecule has 1 aromatic carbocycles. The maximum atomic E-state index is 13.9. The molecule has 1 aliphatic rings. The van der Waals surface area contributed by atoms with E-state index in [1.54, 1.807) is 6.07 Å². The van der Waals surface area contributed by atoms with E-state index in [9.17, 15) is 21.8 Å². The van der Waals surface area contributed by atoms with Crippen LogP contribution in [0.1, 0.15) is 30.0 Å². The van der Waals surface area contributed by atoms with Crippen LogP contribution in [0, 0.1) is 5.82 Å². The summed E-state index contributed by atoms with van der Waals surface area (Å²) in [4.78, 5) is 3.59. The highest BCUT2D eigenvalue weighted by atomic mass is 32.2. The molecule has 1 aliphatic heterocycles. The molecule has 0 radical (unpaired) electrons. The minimum Gasteiger partial charge on any atom is -0.245 e. The molecular formula is C12H9F4N3OS. The quantitative estimate of drug-likeness (QED) is 0.817. The lowest BCUT2D eigenvalue weighted by Crippen LogP contribution is -2.10. The molecule has 0 spiro atoms. The normalized spacial score (nSPS) is 22.5. The van der Waals surface area contributed by atoms with Gasteiger partial charge in [0.05, 0.1) is 6.04 Å². The van der Waals surface area contributed by atoms with Crippen LogP contribution in [-0.4, -0.2) is 24.7 Å². The van der Waals surface area contributed by atoms with Crippen LogP contribution in [0.2, 0.25) is 0 Å². The van der Waals surface area contributed by atoms with Crippen molar-refractivity contribution in [3.8, 4) is 0 Å². The number of halogens is 4. The standard InChI is InChI=1S/C12H9F4N3OS/c13-7-3-1-2-6(4-7)9-5-8(14)10-17-12(18-19(9)10)21(20)11(15)16/h1-4,8-9,11H,5H2/t8?,9?,21-/m1/s1. The Kier molecular flexibility index (Phi) is 3.52. The molecule has 0 saturated heterocycles. The summed E-state index contributed by atoms with van der Waals surface area (Å²) >= 11 is 0. The summed E-state index contributed by atoms with van der Waals surface area (Å²) in [5, 5.41) is 3.11. The van der Waals surface area contributed by atoms with Crippen molar-refractivity contribution < 1.29 is 21.8 Å². The zero-order valence-electron chi connectivity index (χ0n) is 10.4. The Balaban J connectivity index is 2.01. The van der Waals surface area contributed by atoms with Gasteiger partial charge < -0.3 is 0 Å². The van der Waals surface area contributed by atoms with Crippen molar-refractivity contribution in [2.75, 3.05) is 0 Å². The Morgan fingerprint density at radius 3 is 2.81 bits per heavy atom. The smallest absolute Gasteiger partial charge is 0.245 e. The predicted molar refractivity (Wildman–Crippen MR) is 65.4 cm³/mol. The van der Waals surface area contributed by atoms with Crippen LogP contribution >= 0.6 is 0 Å². The molecule has 2 heterocycles. The van der Waals surface area contributed by atoms with Gasteiger partial charge in [0.1, 0.15) is 5.82 Å². The zero-order chi connectivity index (χ0) is 15.1. The number of rotatable bonds is 3. The summed E-state index contributed by atoms with van der Waals surface area (Å²) < 4.78 is 64.4. The van der Waals surface area contributed by atoms with Crippen molar-refractivity contribution in [1.29, 1.82) is 0 Å². The molecule has 3 atom stereocenters. The van der Waals surface area contributed by atoms with E-state index >= 15 is 0 Å². The van der Waals surface area contributed by atoms with Crippen LogP contribution < -0.4 is 0 Å². The van der Waals surface area contributed by atoms with Gasteiger partial charge in [0, 0.05) is 6.42 Å². The highest BCUT2D eigenvalue weighted by Crippen LogP contribution is 2.39. The third-order valence-electron chi connectivity index (χ3n) is 3.22. The van der Waals surface area contributed by atoms with Crippen LogP contribution in [0.4, 0.5) is 17.6 Å². The number of alkyl halides is 3. The molecule has 3 rings (SSSR count). The first-order chi connectivity index (χ1) is 9.97. The van der Waals surface area contributed by atoms with E-state index in [4.69, 9.17) is 0 Å². The molecule has 0 aliphatic carbocycles. The van der Waals surface area contributed by atoms with Crippen molar-refractivity contribution in [3.05, 3.63) is 41.5 Å². The van der Waals surface area contributed by atoms with Crippen LogP contribution in [0.15, 0.2) is 29.4 Å². The molecule has 112 valence electrons. The molecule has 1 aromatic heterocycles. The molecule has 9 heteroatoms. The predicted octanol–water partition coefficient (Wildman–Crippen LogP) is 2.75. The zero-order valence-corrected chi connectivity index (χ0v) is 11.2. The first kappa shape index (κ1) is 14.2. The summed E-state index contributed by atoms with van der Waals surface area (Å²) in [7, 11) is -2.70. The topological polar surface area (TPSA) is 47.8 Å². The van der Waals surface area contributed by atoms with E-state index in [0.717, 1.165) is 4.68 Å². The second-order valence-electron chi connectivity index (χ2n) is 4.53. The maximum Gasteiger partial charge on any atom is 0.319 e. The van der Waals surface area contributed by atoms with Crippen molar-refractivity contribution >= 4 is 10.8 Å². The first-order valence-electron chi connectivity index (χ1n) is 6.02. The number of hydrogen-bond donors (Lipinski definition) is 0. The third kappa shape index (κ3) is 2.45. The minimum absolute atomic E-state index is 0.0135. The van der Waals surface area contributed by atoms with Gasteiger partial charge in [-0.1, -0.05) is 12.1 Å². The van der Waals surface area contributed by atoms with Gasteiger partial charge >= 0.3 is 5.76 Å². The molecular weight excluding hydrogens is 310 g/mol. The van der Waals surface area contributed by atoms with Crippen LogP contribution in [0.3, 0.4) is 0 Å². The first-order valence-corrected chi connectivity index (χ1v) is 7.23. The van der Waals surface area contributed by atoms with Crippen molar-refractivity contribution in [2.24, 2.45) is 0 Å². The fraction of sp³-hybridized carbons (Fsp3) is 0.333. The highest BCUT2D eigenvalue weighted by Gasteiger charge is 2.37. The van der Waals surface area contributed by atoms with E-state index < -0.39 is 39.7 Å². The molecule has 0 amide bonds. The minimum atomic E-state index is -3.14. The summed E-state index contributed by atoms with van der Waals surface area (Å²) in [5.74, 6) is -3.79. The number of hydrogen-bond acceptors (Lipinski definition) is 3. The SMILES string of the molecule is O=[S@@](c1nc2n(n1)C(c1cccc(F)c1)CC2F)C(F)F. The lowest BCUT2D eigenvalue weighted by Gasteiger charge is -2.11. The average Bonchev–Trinajstić information content (AvgIpc) is 2.99. The fourth-order valence-corrected chi connectivity index (χ4v) is 2.83. The monoisotopic (exact) mass is 319 g/mol. The molecule has 0 saturated carbocycles. The second-order valence-corrected chi connectivity index (χ2v) is 5.85. The van der Waals surface area contributed by atoms with Gasteiger partial charge in [0.25, 0.3) is 0 Å². The van der Waals surface area contributed by atoms with Crippen LogP contribution in [-0.2, 0) is 10.8 Å². The lowest BCUT2D eigenvalue weighted by molar-refractivity contribution is 0.243. The van der Waals surface area contributed by atoms with Gasteiger partial charge in [0.15, 0.2) is 22.8 Å². The van der Waals surface area contributed by atoms with Gasteiger partial charge in [-0.25, -0.2) is 22.7 Å². The van der Waals surface area contributed by atoms with E-state index in [2.05, 4.69) is 10.1 Å². The number of nitrogens with zero attached hydrogens (tertiary/aromatic N) is 3. The maximum absolute atomic E-state index is 13.9. The second kappa shape index (κ2) is 5.21. The third-order valence-corrected chi connectivity index (χ3v) is 4.08. The van der Waals surface area contributed by atoms with Crippen molar-refractivity contribution in [2.45, 2.75) is 29.5 Å². The molecule has 2 unspecified atom stereocenters. The Hall–Kier alpha value is -1.77. The summed E-state index contributed by atoms with van der Waals surface area (Å²) in [6.07, 6.45) is -1.53. The van der Waals surface area contributed by atoms with Gasteiger partial charge in [-0.2, -0.15) is 8.78 Å². The number of benzene rings is 1. The largest absolute Gasteiger partial charge is 0.319 e. The fourth-order valence-electron chi connectivity index (χ4n) is 2.32. The van der Waals surface area contributed by atoms with E-state index in [-0.39, 0.29) is 12.2 Å². The Bertz CT molecular complexity index is 706. The number of fused-ring (bicyclic) bond motifs is 1. The average molecular weight is 319 g/mol. The summed E-state index contributed by atoms with van der Waals surface area (Å²) in [5.41, 5.74) is 0.454. The highest BCUT2D eigenvalue weighted by molar-refractivity contribution is 7.85. The Morgan fingerprint density at radius 2 is 2.14 bits per heavy atom. The molecule has 0 fully saturated rings. The van der Waals surface area contributed by atoms with E-state index in [0.29, 0.717) is 5.56 Å². The van der Waals surface area contributed by atoms with Gasteiger partial charge in [-0.15, -0.1) is 5.10 Å². The van der Waals surface area contributed by atoms with Crippen LogP contribution in [0.5, 0.6) is 0 Å². The lowest BCUT2D eigenvalue weighted by atomic mass is 10.0. The van der Waals surface area contributed by atoms with Gasteiger partial charge in [-0.3, -0.25) is 0 Å². The molecule has 2 aromatic rings. The molecule has 0 N–H and O–H groups in total. The van der Waals surface area contributed by atoms with Crippen molar-refractivity contribution in [1.82, 2.24) is 14.8 Å². The summed E-state index contributed by atoms with van der Waals surface area (Å²) in [6.45, 7) is 0. The van der Waals surface area contributed by atoms with Gasteiger partial charge in [0.2, 0.25) is 5.16 Å². The van der Waals surface area contributed by atoms with Crippen LogP contribution in [0.25, 0.3) is 0 Å². The van der Waals surface area contributed by atoms with Gasteiger partial charge in [-0.05, 0) is 17.7 Å². The van der Waals surface area contributed by atoms with E-state index in [1.165, 1.54) is 18.2 Å². The van der Waals surface area contributed by atoms with E-state index in [1.807, 2.05) is 0 Å².